The van der Waals surface area contributed by atoms with Crippen molar-refractivity contribution < 1.29 is 36.2 Å². The molecule has 0 radical (unpaired) electrons. The number of rotatable bonds is 8. The van der Waals surface area contributed by atoms with Gasteiger partial charge in [0.15, 0.2) is 17.9 Å². The van der Waals surface area contributed by atoms with Crippen molar-refractivity contribution in [3.8, 4) is 5.75 Å². The first-order chi connectivity index (χ1) is 12.3. The maximum Gasteiger partial charge on any atom is 0.573 e. The normalized spacial score (nSPS) is 21.0. The number of hydrogen-bond acceptors (Lipinski definition) is 3. The predicted molar refractivity (Wildman–Crippen MR) is 84.7 cm³/mol. The van der Waals surface area contributed by atoms with Crippen molar-refractivity contribution in [2.75, 3.05) is 13.2 Å². The molecular formula is C18H23F5O3. The zero-order valence-electron chi connectivity index (χ0n) is 14.6. The van der Waals surface area contributed by atoms with Crippen molar-refractivity contribution in [3.63, 3.8) is 0 Å². The van der Waals surface area contributed by atoms with Crippen molar-refractivity contribution in [1.82, 2.24) is 0 Å². The fourth-order valence-electron chi connectivity index (χ4n) is 2.93. The molecule has 0 aliphatic carbocycles. The summed E-state index contributed by atoms with van der Waals surface area (Å²) in [5.74, 6) is -3.72. The molecule has 1 fully saturated rings. The Morgan fingerprint density at radius 2 is 1.65 bits per heavy atom. The van der Waals surface area contributed by atoms with Gasteiger partial charge >= 0.3 is 6.36 Å². The summed E-state index contributed by atoms with van der Waals surface area (Å²) in [6.07, 6.45) is -0.921. The Hall–Kier alpha value is -1.41. The van der Waals surface area contributed by atoms with Gasteiger partial charge < -0.3 is 14.2 Å². The van der Waals surface area contributed by atoms with Crippen LogP contribution in [0.15, 0.2) is 12.1 Å². The highest BCUT2D eigenvalue weighted by atomic mass is 19.4. The fraction of sp³-hybridized carbons (Fsp3) is 0.667. The Kier molecular flexibility index (Phi) is 7.64. The minimum absolute atomic E-state index is 0.265. The van der Waals surface area contributed by atoms with Crippen LogP contribution in [-0.2, 0) is 15.9 Å². The molecule has 0 N–H and O–H groups in total. The highest BCUT2D eigenvalue weighted by molar-refractivity contribution is 5.31. The Morgan fingerprint density at radius 3 is 2.19 bits per heavy atom. The number of benzene rings is 1. The van der Waals surface area contributed by atoms with Gasteiger partial charge in [-0.25, -0.2) is 8.78 Å². The lowest BCUT2D eigenvalue weighted by molar-refractivity contribution is -0.276. The Labute approximate surface area is 149 Å². The van der Waals surface area contributed by atoms with E-state index in [2.05, 4.69) is 11.7 Å². The number of halogens is 5. The molecule has 0 spiro atoms. The van der Waals surface area contributed by atoms with Crippen LogP contribution in [0.5, 0.6) is 5.75 Å². The van der Waals surface area contributed by atoms with Gasteiger partial charge in [0.1, 0.15) is 0 Å². The summed E-state index contributed by atoms with van der Waals surface area (Å²) >= 11 is 0. The zero-order valence-corrected chi connectivity index (χ0v) is 14.6. The van der Waals surface area contributed by atoms with Gasteiger partial charge in [-0.2, -0.15) is 0 Å². The molecule has 0 amide bonds. The van der Waals surface area contributed by atoms with E-state index in [4.69, 9.17) is 9.47 Å². The van der Waals surface area contributed by atoms with Gasteiger partial charge in [-0.15, -0.1) is 13.2 Å². The van der Waals surface area contributed by atoms with Crippen LogP contribution < -0.4 is 4.74 Å². The van der Waals surface area contributed by atoms with E-state index >= 15 is 0 Å². The standard InChI is InChI=1S/C18H23F5O3/c1-2-5-13-10-24-16(25-11-13)7-4-3-6-12-8-14(19)17(15(20)9-12)26-18(21,22)23/h8-9,13,16H,2-7,10-11H2,1H3. The minimum Gasteiger partial charge on any atom is -0.399 e. The third-order valence-corrected chi connectivity index (χ3v) is 4.16. The van der Waals surface area contributed by atoms with Crippen LogP contribution >= 0.6 is 0 Å². The molecule has 1 saturated heterocycles. The highest BCUT2D eigenvalue weighted by Crippen LogP contribution is 2.30. The lowest BCUT2D eigenvalue weighted by atomic mass is 10.0. The van der Waals surface area contributed by atoms with Crippen LogP contribution in [0.4, 0.5) is 22.0 Å². The summed E-state index contributed by atoms with van der Waals surface area (Å²) < 4.78 is 78.2. The molecule has 1 aromatic rings. The largest absolute Gasteiger partial charge is 0.573 e. The number of aryl methyl sites for hydroxylation is 1. The van der Waals surface area contributed by atoms with Gasteiger partial charge in [-0.05, 0) is 49.8 Å². The van der Waals surface area contributed by atoms with Crippen LogP contribution in [-0.4, -0.2) is 25.9 Å². The van der Waals surface area contributed by atoms with Crippen LogP contribution in [0, 0.1) is 17.6 Å². The average molecular weight is 382 g/mol. The van der Waals surface area contributed by atoms with Gasteiger partial charge in [0.05, 0.1) is 13.2 Å². The number of hydrogen-bond donors (Lipinski definition) is 0. The molecule has 0 aromatic heterocycles. The molecular weight excluding hydrogens is 359 g/mol. The quantitative estimate of drug-likeness (QED) is 0.447. The van der Waals surface area contributed by atoms with Gasteiger partial charge in [0.2, 0.25) is 5.75 Å². The maximum atomic E-state index is 13.6. The van der Waals surface area contributed by atoms with E-state index in [1.54, 1.807) is 0 Å². The lowest BCUT2D eigenvalue weighted by Gasteiger charge is -2.29. The number of ether oxygens (including phenoxy) is 3. The molecule has 3 nitrogen and oxygen atoms in total. The van der Waals surface area contributed by atoms with Gasteiger partial charge in [0, 0.05) is 5.92 Å². The molecule has 0 unspecified atom stereocenters. The summed E-state index contributed by atoms with van der Waals surface area (Å²) in [7, 11) is 0. The van der Waals surface area contributed by atoms with E-state index in [0.717, 1.165) is 25.0 Å². The molecule has 0 atom stereocenters. The van der Waals surface area contributed by atoms with Crippen LogP contribution in [0.1, 0.15) is 44.6 Å². The summed E-state index contributed by atoms with van der Waals surface area (Å²) in [6, 6.07) is 1.74. The van der Waals surface area contributed by atoms with E-state index in [1.807, 2.05) is 0 Å². The molecule has 1 heterocycles. The van der Waals surface area contributed by atoms with Crippen molar-refractivity contribution in [2.45, 2.75) is 58.1 Å². The van der Waals surface area contributed by atoms with E-state index in [-0.39, 0.29) is 11.9 Å². The predicted octanol–water partition coefficient (Wildman–Crippen LogP) is 5.37. The van der Waals surface area contributed by atoms with E-state index in [0.29, 0.717) is 44.8 Å². The van der Waals surface area contributed by atoms with Crippen LogP contribution in [0.3, 0.4) is 0 Å². The van der Waals surface area contributed by atoms with Gasteiger partial charge in [0.25, 0.3) is 0 Å². The second kappa shape index (κ2) is 9.50. The van der Waals surface area contributed by atoms with Crippen LogP contribution in [0.2, 0.25) is 0 Å². The summed E-state index contributed by atoms with van der Waals surface area (Å²) in [4.78, 5) is 0. The zero-order chi connectivity index (χ0) is 19.2. The Balaban J connectivity index is 1.75. The molecule has 8 heteroatoms. The van der Waals surface area contributed by atoms with Gasteiger partial charge in [-0.3, -0.25) is 0 Å². The maximum absolute atomic E-state index is 13.6. The Bertz CT molecular complexity index is 545. The van der Waals surface area contributed by atoms with Crippen molar-refractivity contribution in [2.24, 2.45) is 5.92 Å². The summed E-state index contributed by atoms with van der Waals surface area (Å²) in [5, 5.41) is 0. The number of unbranched alkanes of at least 4 members (excludes halogenated alkanes) is 1. The Morgan fingerprint density at radius 1 is 1.04 bits per heavy atom. The minimum atomic E-state index is -5.14. The third-order valence-electron chi connectivity index (χ3n) is 4.16. The molecule has 0 saturated carbocycles. The summed E-state index contributed by atoms with van der Waals surface area (Å²) in [6.45, 7) is 3.46. The first kappa shape index (κ1) is 20.9. The van der Waals surface area contributed by atoms with E-state index in [9.17, 15) is 22.0 Å². The number of alkyl halides is 3. The molecule has 2 rings (SSSR count). The first-order valence-electron chi connectivity index (χ1n) is 8.75. The second-order valence-electron chi connectivity index (χ2n) is 6.43. The highest BCUT2D eigenvalue weighted by Gasteiger charge is 2.34. The average Bonchev–Trinajstić information content (AvgIpc) is 2.56. The first-order valence-corrected chi connectivity index (χ1v) is 8.75. The smallest absolute Gasteiger partial charge is 0.399 e. The van der Waals surface area contributed by atoms with E-state index < -0.39 is 23.7 Å². The topological polar surface area (TPSA) is 27.7 Å². The molecule has 1 aromatic carbocycles. The van der Waals surface area contributed by atoms with Crippen LogP contribution in [0.25, 0.3) is 0 Å². The monoisotopic (exact) mass is 382 g/mol. The molecule has 0 bridgehead atoms. The molecule has 148 valence electrons. The second-order valence-corrected chi connectivity index (χ2v) is 6.43. The van der Waals surface area contributed by atoms with E-state index in [1.165, 1.54) is 0 Å². The summed E-state index contributed by atoms with van der Waals surface area (Å²) in [5.41, 5.74) is 0.281. The van der Waals surface area contributed by atoms with Gasteiger partial charge in [-0.1, -0.05) is 13.3 Å². The van der Waals surface area contributed by atoms with Crippen molar-refractivity contribution >= 4 is 0 Å². The van der Waals surface area contributed by atoms with Crippen molar-refractivity contribution in [1.29, 1.82) is 0 Å². The SMILES string of the molecule is CCCC1COC(CCCCc2cc(F)c(OC(F)(F)F)c(F)c2)OC1. The molecule has 1 aliphatic heterocycles. The lowest BCUT2D eigenvalue weighted by Crippen LogP contribution is -2.31. The molecule has 1 aliphatic rings. The fourth-order valence-corrected chi connectivity index (χ4v) is 2.93. The van der Waals surface area contributed by atoms with Crippen molar-refractivity contribution in [3.05, 3.63) is 29.3 Å². The third kappa shape index (κ3) is 6.72. The molecule has 26 heavy (non-hydrogen) atoms.